The van der Waals surface area contributed by atoms with Gasteiger partial charge in [-0.15, -0.1) is 0 Å². The fraction of sp³-hybridized carbons (Fsp3) is 0.0556. The van der Waals surface area contributed by atoms with Crippen LogP contribution in [0.5, 0.6) is 0 Å². The van der Waals surface area contributed by atoms with Gasteiger partial charge >= 0.3 is 0 Å². The molecule has 3 aromatic rings. The molecule has 1 aromatic heterocycles. The zero-order valence-electron chi connectivity index (χ0n) is 13.6. The minimum absolute atomic E-state index is 0.0732. The third-order valence-corrected chi connectivity index (χ3v) is 3.93. The zero-order chi connectivity index (χ0) is 18.7. The summed E-state index contributed by atoms with van der Waals surface area (Å²) >= 11 is 12.0. The van der Waals surface area contributed by atoms with Crippen molar-refractivity contribution < 1.29 is 9.18 Å². The van der Waals surface area contributed by atoms with Crippen LogP contribution in [0.4, 0.5) is 21.6 Å². The largest absolute Gasteiger partial charge is 0.339 e. The zero-order valence-corrected chi connectivity index (χ0v) is 15.1. The van der Waals surface area contributed by atoms with Gasteiger partial charge in [-0.05, 0) is 37.3 Å². The highest BCUT2D eigenvalue weighted by atomic mass is 35.5. The number of hydrogen-bond donors (Lipinski definition) is 2. The lowest BCUT2D eigenvalue weighted by atomic mass is 10.2. The fourth-order valence-corrected chi connectivity index (χ4v) is 2.68. The molecule has 0 bridgehead atoms. The first kappa shape index (κ1) is 18.1. The van der Waals surface area contributed by atoms with Gasteiger partial charge in [-0.3, -0.25) is 4.79 Å². The Balaban J connectivity index is 1.85. The number of amides is 1. The Labute approximate surface area is 159 Å². The van der Waals surface area contributed by atoms with E-state index >= 15 is 0 Å². The number of halogens is 3. The highest BCUT2D eigenvalue weighted by Gasteiger charge is 2.13. The van der Waals surface area contributed by atoms with Crippen molar-refractivity contribution in [2.24, 2.45) is 0 Å². The number of para-hydroxylation sites is 1. The van der Waals surface area contributed by atoms with Crippen molar-refractivity contribution in [3.05, 3.63) is 75.9 Å². The van der Waals surface area contributed by atoms with Crippen LogP contribution in [-0.4, -0.2) is 15.9 Å². The Morgan fingerprint density at radius 2 is 1.81 bits per heavy atom. The average molecular weight is 391 g/mol. The number of aromatic nitrogens is 2. The van der Waals surface area contributed by atoms with E-state index in [4.69, 9.17) is 23.2 Å². The van der Waals surface area contributed by atoms with Crippen LogP contribution in [0.25, 0.3) is 0 Å². The maximum absolute atomic E-state index is 13.7. The number of benzene rings is 2. The highest BCUT2D eigenvalue weighted by molar-refractivity contribution is 6.36. The van der Waals surface area contributed by atoms with Crippen LogP contribution < -0.4 is 10.6 Å². The summed E-state index contributed by atoms with van der Waals surface area (Å²) in [5, 5.41) is 6.42. The van der Waals surface area contributed by atoms with Gasteiger partial charge in [-0.25, -0.2) is 14.4 Å². The quantitative estimate of drug-likeness (QED) is 0.640. The van der Waals surface area contributed by atoms with Gasteiger partial charge in [-0.2, -0.15) is 0 Å². The second-order valence-electron chi connectivity index (χ2n) is 5.37. The summed E-state index contributed by atoms with van der Waals surface area (Å²) in [6.45, 7) is 1.65. The van der Waals surface area contributed by atoms with Gasteiger partial charge in [0.2, 0.25) is 0 Å². The predicted octanol–water partition coefficient (Wildman–Crippen LogP) is 5.23. The predicted molar refractivity (Wildman–Crippen MR) is 101 cm³/mol. The van der Waals surface area contributed by atoms with Gasteiger partial charge in [0.15, 0.2) is 0 Å². The topological polar surface area (TPSA) is 66.9 Å². The third kappa shape index (κ3) is 4.28. The minimum Gasteiger partial charge on any atom is -0.339 e. The molecule has 0 fully saturated rings. The summed E-state index contributed by atoms with van der Waals surface area (Å²) in [5.41, 5.74) is 0.743. The summed E-state index contributed by atoms with van der Waals surface area (Å²) in [4.78, 5) is 20.7. The number of carbonyl (C=O) groups excluding carboxylic acids is 1. The third-order valence-electron chi connectivity index (χ3n) is 3.39. The first-order valence-corrected chi connectivity index (χ1v) is 8.31. The van der Waals surface area contributed by atoms with Crippen molar-refractivity contribution in [2.45, 2.75) is 6.92 Å². The van der Waals surface area contributed by atoms with Crippen molar-refractivity contribution in [2.75, 3.05) is 10.6 Å². The molecule has 1 heterocycles. The lowest BCUT2D eigenvalue weighted by molar-refractivity contribution is 0.102. The smallest absolute Gasteiger partial charge is 0.274 e. The average Bonchev–Trinajstić information content (AvgIpc) is 2.59. The number of carbonyl (C=O) groups is 1. The van der Waals surface area contributed by atoms with Gasteiger partial charge in [0.05, 0.1) is 16.4 Å². The first-order chi connectivity index (χ1) is 12.4. The summed E-state index contributed by atoms with van der Waals surface area (Å²) in [7, 11) is 0. The summed E-state index contributed by atoms with van der Waals surface area (Å²) in [6, 6.07) is 12.3. The van der Waals surface area contributed by atoms with Gasteiger partial charge in [0.1, 0.15) is 23.2 Å². The van der Waals surface area contributed by atoms with Crippen molar-refractivity contribution in [1.29, 1.82) is 0 Å². The Hall–Kier alpha value is -2.70. The van der Waals surface area contributed by atoms with E-state index in [1.807, 2.05) is 0 Å². The molecule has 2 aromatic carbocycles. The molecule has 132 valence electrons. The Kier molecular flexibility index (Phi) is 5.35. The fourth-order valence-electron chi connectivity index (χ4n) is 2.23. The van der Waals surface area contributed by atoms with Crippen molar-refractivity contribution >= 4 is 46.3 Å². The molecule has 0 saturated heterocycles. The van der Waals surface area contributed by atoms with E-state index in [1.54, 1.807) is 31.2 Å². The van der Waals surface area contributed by atoms with E-state index < -0.39 is 11.7 Å². The van der Waals surface area contributed by atoms with Crippen LogP contribution in [0.15, 0.2) is 48.5 Å². The molecule has 0 unspecified atom stereocenters. The molecule has 3 rings (SSSR count). The molecule has 2 N–H and O–H groups in total. The van der Waals surface area contributed by atoms with Gasteiger partial charge in [0.25, 0.3) is 5.91 Å². The van der Waals surface area contributed by atoms with Crippen molar-refractivity contribution in [3.63, 3.8) is 0 Å². The molecular formula is C18H13Cl2FN4O. The Morgan fingerprint density at radius 3 is 2.54 bits per heavy atom. The van der Waals surface area contributed by atoms with Crippen LogP contribution in [0, 0.1) is 12.7 Å². The molecular weight excluding hydrogens is 378 g/mol. The number of anilines is 3. The van der Waals surface area contributed by atoms with Crippen LogP contribution in [0.1, 0.15) is 16.3 Å². The van der Waals surface area contributed by atoms with E-state index in [0.29, 0.717) is 27.4 Å². The standard InChI is InChI=1S/C18H13Cl2FN4O/c1-10-22-16(18(26)25-15-5-3-2-4-13(15)21)9-17(23-10)24-14-7-6-11(19)8-12(14)20/h2-9H,1H3,(H,25,26)(H,22,23,24). The highest BCUT2D eigenvalue weighted by Crippen LogP contribution is 2.28. The lowest BCUT2D eigenvalue weighted by Crippen LogP contribution is -2.16. The van der Waals surface area contributed by atoms with Crippen LogP contribution in [0.2, 0.25) is 10.0 Å². The monoisotopic (exact) mass is 390 g/mol. The van der Waals surface area contributed by atoms with Crippen molar-refractivity contribution in [3.8, 4) is 0 Å². The van der Waals surface area contributed by atoms with E-state index in [0.717, 1.165) is 0 Å². The first-order valence-electron chi connectivity index (χ1n) is 7.56. The SMILES string of the molecule is Cc1nc(Nc2ccc(Cl)cc2Cl)cc(C(=O)Nc2ccccc2F)n1. The van der Waals surface area contributed by atoms with Crippen LogP contribution >= 0.6 is 23.2 Å². The maximum Gasteiger partial charge on any atom is 0.274 e. The molecule has 26 heavy (non-hydrogen) atoms. The molecule has 5 nitrogen and oxygen atoms in total. The molecule has 0 aliphatic heterocycles. The number of hydrogen-bond acceptors (Lipinski definition) is 4. The summed E-state index contributed by atoms with van der Waals surface area (Å²) < 4.78 is 13.7. The summed E-state index contributed by atoms with van der Waals surface area (Å²) in [5.74, 6) is -0.331. The van der Waals surface area contributed by atoms with E-state index in [-0.39, 0.29) is 11.4 Å². The Bertz CT molecular complexity index is 981. The minimum atomic E-state index is -0.550. The molecule has 0 atom stereocenters. The molecule has 0 radical (unpaired) electrons. The Morgan fingerprint density at radius 1 is 1.04 bits per heavy atom. The van der Waals surface area contributed by atoms with Gasteiger partial charge < -0.3 is 10.6 Å². The molecule has 0 aliphatic rings. The van der Waals surface area contributed by atoms with E-state index in [2.05, 4.69) is 20.6 Å². The normalized spacial score (nSPS) is 10.5. The van der Waals surface area contributed by atoms with Crippen LogP contribution in [-0.2, 0) is 0 Å². The molecule has 8 heteroatoms. The van der Waals surface area contributed by atoms with Crippen molar-refractivity contribution in [1.82, 2.24) is 9.97 Å². The van der Waals surface area contributed by atoms with Crippen LogP contribution in [0.3, 0.4) is 0 Å². The number of aryl methyl sites for hydroxylation is 1. The number of nitrogens with zero attached hydrogens (tertiary/aromatic N) is 2. The molecule has 0 saturated carbocycles. The maximum atomic E-state index is 13.7. The number of rotatable bonds is 4. The molecule has 0 aliphatic carbocycles. The molecule has 0 spiro atoms. The number of nitrogens with one attached hydrogen (secondary N) is 2. The summed E-state index contributed by atoms with van der Waals surface area (Å²) in [6.07, 6.45) is 0. The lowest BCUT2D eigenvalue weighted by Gasteiger charge is -2.11. The van der Waals surface area contributed by atoms with Gasteiger partial charge in [0, 0.05) is 11.1 Å². The van der Waals surface area contributed by atoms with E-state index in [9.17, 15) is 9.18 Å². The second kappa shape index (κ2) is 7.68. The van der Waals surface area contributed by atoms with Gasteiger partial charge in [-0.1, -0.05) is 35.3 Å². The second-order valence-corrected chi connectivity index (χ2v) is 6.21. The molecule has 1 amide bonds. The van der Waals surface area contributed by atoms with E-state index in [1.165, 1.54) is 24.3 Å².